The van der Waals surface area contributed by atoms with Gasteiger partial charge in [-0.05, 0) is 30.4 Å². The maximum atomic E-state index is 12.2. The Morgan fingerprint density at radius 3 is 2.52 bits per heavy atom. The number of likely N-dealkylation sites (tertiary alicyclic amines) is 1. The number of benzene rings is 1. The van der Waals surface area contributed by atoms with Gasteiger partial charge in [-0.2, -0.15) is 4.68 Å². The van der Waals surface area contributed by atoms with Gasteiger partial charge >= 0.3 is 11.7 Å². The number of ether oxygens (including phenoxy) is 1. The van der Waals surface area contributed by atoms with Crippen LogP contribution in [-0.4, -0.2) is 46.3 Å². The number of aromatic nitrogens is 2. The molecule has 2 aromatic rings. The van der Waals surface area contributed by atoms with Crippen LogP contribution in [0.1, 0.15) is 20.3 Å². The first-order valence-corrected chi connectivity index (χ1v) is 8.99. The van der Waals surface area contributed by atoms with E-state index in [0.29, 0.717) is 30.5 Å². The number of carbonyl (C=O) groups is 2. The highest BCUT2D eigenvalue weighted by molar-refractivity contribution is 5.80. The molecule has 1 fully saturated rings. The molecule has 1 aromatic carbocycles. The van der Waals surface area contributed by atoms with Crippen molar-refractivity contribution in [1.82, 2.24) is 14.7 Å². The summed E-state index contributed by atoms with van der Waals surface area (Å²) < 4.78 is 11.0. The molecular weight excluding hydrogens is 350 g/mol. The minimum atomic E-state index is -0.754. The van der Waals surface area contributed by atoms with Gasteiger partial charge in [-0.1, -0.05) is 32.0 Å². The number of hydrogen-bond donors (Lipinski definition) is 0. The van der Waals surface area contributed by atoms with E-state index in [0.717, 1.165) is 11.1 Å². The Morgan fingerprint density at radius 2 is 1.85 bits per heavy atom. The molecule has 0 bridgehead atoms. The summed E-state index contributed by atoms with van der Waals surface area (Å²) in [5.74, 6) is -0.704. The molecule has 144 valence electrons. The first-order valence-electron chi connectivity index (χ1n) is 8.99. The average molecular weight is 373 g/mol. The summed E-state index contributed by atoms with van der Waals surface area (Å²) in [6.45, 7) is 4.80. The fourth-order valence-corrected chi connectivity index (χ4v) is 3.37. The molecule has 0 N–H and O–H groups in total. The molecule has 0 radical (unpaired) electrons. The zero-order chi connectivity index (χ0) is 19.4. The third-order valence-electron chi connectivity index (χ3n) is 4.48. The molecule has 27 heavy (non-hydrogen) atoms. The predicted octanol–water partition coefficient (Wildman–Crippen LogP) is 1.55. The number of esters is 1. The predicted molar refractivity (Wildman–Crippen MR) is 96.7 cm³/mol. The zero-order valence-electron chi connectivity index (χ0n) is 15.5. The van der Waals surface area contributed by atoms with Gasteiger partial charge in [0.15, 0.2) is 6.61 Å². The molecule has 0 spiro atoms. The van der Waals surface area contributed by atoms with Crippen LogP contribution in [-0.2, 0) is 20.9 Å². The molecule has 2 heterocycles. The summed E-state index contributed by atoms with van der Waals surface area (Å²) in [5.41, 5.74) is 0.630. The molecular formula is C19H23N3O5. The van der Waals surface area contributed by atoms with E-state index in [4.69, 9.17) is 9.15 Å². The number of rotatable bonds is 5. The van der Waals surface area contributed by atoms with E-state index >= 15 is 0 Å². The highest BCUT2D eigenvalue weighted by Gasteiger charge is 2.26. The SMILES string of the molecule is C[C@H]1C[C@H](C)CN(C(=O)COC(=O)Cn2nc(-c3ccccc3)oc2=O)C1. The Bertz CT molecular complexity index is 848. The smallest absolute Gasteiger partial charge is 0.437 e. The summed E-state index contributed by atoms with van der Waals surface area (Å²) in [6.07, 6.45) is 1.09. The monoisotopic (exact) mass is 373 g/mol. The summed E-state index contributed by atoms with van der Waals surface area (Å²) in [6, 6.07) is 8.89. The van der Waals surface area contributed by atoms with Crippen molar-refractivity contribution in [3.05, 3.63) is 40.9 Å². The highest BCUT2D eigenvalue weighted by atomic mass is 16.5. The molecule has 0 aliphatic carbocycles. The van der Waals surface area contributed by atoms with Crippen LogP contribution in [0.15, 0.2) is 39.5 Å². The van der Waals surface area contributed by atoms with Crippen LogP contribution < -0.4 is 5.76 Å². The topological polar surface area (TPSA) is 94.6 Å². The fraction of sp³-hybridized carbons (Fsp3) is 0.474. The Hall–Kier alpha value is -2.90. The second-order valence-electron chi connectivity index (χ2n) is 7.10. The quantitative estimate of drug-likeness (QED) is 0.738. The Morgan fingerprint density at radius 1 is 1.19 bits per heavy atom. The summed E-state index contributed by atoms with van der Waals surface area (Å²) in [4.78, 5) is 37.8. The molecule has 1 aromatic heterocycles. The molecule has 8 nitrogen and oxygen atoms in total. The van der Waals surface area contributed by atoms with Crippen molar-refractivity contribution in [2.45, 2.75) is 26.8 Å². The lowest BCUT2D eigenvalue weighted by molar-refractivity contribution is -0.153. The zero-order valence-corrected chi connectivity index (χ0v) is 15.5. The summed E-state index contributed by atoms with van der Waals surface area (Å²) in [7, 11) is 0. The van der Waals surface area contributed by atoms with E-state index in [1.807, 2.05) is 6.07 Å². The van der Waals surface area contributed by atoms with Gasteiger partial charge in [0.05, 0.1) is 0 Å². The van der Waals surface area contributed by atoms with Crippen molar-refractivity contribution in [2.24, 2.45) is 11.8 Å². The lowest BCUT2D eigenvalue weighted by Crippen LogP contribution is -2.44. The number of carbonyl (C=O) groups excluding carboxylic acids is 2. The van der Waals surface area contributed by atoms with E-state index in [9.17, 15) is 14.4 Å². The third-order valence-corrected chi connectivity index (χ3v) is 4.48. The Kier molecular flexibility index (Phi) is 5.73. The normalized spacial score (nSPS) is 19.7. The van der Waals surface area contributed by atoms with E-state index in [2.05, 4.69) is 18.9 Å². The fourth-order valence-electron chi connectivity index (χ4n) is 3.37. The van der Waals surface area contributed by atoms with Crippen molar-refractivity contribution in [1.29, 1.82) is 0 Å². The highest BCUT2D eigenvalue weighted by Crippen LogP contribution is 2.20. The molecule has 1 amide bonds. The lowest BCUT2D eigenvalue weighted by Gasteiger charge is -2.34. The van der Waals surface area contributed by atoms with Crippen molar-refractivity contribution < 1.29 is 18.7 Å². The van der Waals surface area contributed by atoms with Gasteiger partial charge in [0.2, 0.25) is 5.89 Å². The van der Waals surface area contributed by atoms with E-state index < -0.39 is 18.3 Å². The van der Waals surface area contributed by atoms with E-state index in [-0.39, 0.29) is 18.4 Å². The van der Waals surface area contributed by atoms with E-state index in [1.165, 1.54) is 0 Å². The van der Waals surface area contributed by atoms with Crippen LogP contribution in [0.2, 0.25) is 0 Å². The van der Waals surface area contributed by atoms with Crippen LogP contribution in [0.25, 0.3) is 11.5 Å². The summed E-state index contributed by atoms with van der Waals surface area (Å²) in [5, 5.41) is 4.00. The van der Waals surface area contributed by atoms with Gasteiger partial charge in [0, 0.05) is 18.7 Å². The minimum Gasteiger partial charge on any atom is -0.454 e. The Balaban J connectivity index is 1.55. The van der Waals surface area contributed by atoms with Gasteiger partial charge in [0.1, 0.15) is 6.54 Å². The summed E-state index contributed by atoms with van der Waals surface area (Å²) >= 11 is 0. The van der Waals surface area contributed by atoms with Gasteiger partial charge < -0.3 is 14.1 Å². The van der Waals surface area contributed by atoms with Crippen LogP contribution in [0.5, 0.6) is 0 Å². The first kappa shape index (κ1) is 18.9. The van der Waals surface area contributed by atoms with Crippen molar-refractivity contribution in [3.8, 4) is 11.5 Å². The van der Waals surface area contributed by atoms with Crippen LogP contribution in [0.3, 0.4) is 0 Å². The maximum Gasteiger partial charge on any atom is 0.437 e. The number of hydrogen-bond acceptors (Lipinski definition) is 6. The first-order chi connectivity index (χ1) is 12.9. The second-order valence-corrected chi connectivity index (χ2v) is 7.10. The van der Waals surface area contributed by atoms with Crippen LogP contribution in [0, 0.1) is 11.8 Å². The molecule has 0 saturated carbocycles. The van der Waals surface area contributed by atoms with Crippen molar-refractivity contribution in [2.75, 3.05) is 19.7 Å². The van der Waals surface area contributed by atoms with Crippen molar-refractivity contribution >= 4 is 11.9 Å². The van der Waals surface area contributed by atoms with Gasteiger partial charge in [-0.25, -0.2) is 4.79 Å². The van der Waals surface area contributed by atoms with Gasteiger partial charge in [0.25, 0.3) is 5.91 Å². The maximum absolute atomic E-state index is 12.2. The molecule has 2 atom stereocenters. The minimum absolute atomic E-state index is 0.126. The standard InChI is InChI=1S/C19H23N3O5/c1-13-8-14(2)10-21(9-13)16(23)12-26-17(24)11-22-19(25)27-18(20-22)15-6-4-3-5-7-15/h3-7,13-14H,8-12H2,1-2H3/t13-,14-/m0/s1. The van der Waals surface area contributed by atoms with Crippen molar-refractivity contribution in [3.63, 3.8) is 0 Å². The lowest BCUT2D eigenvalue weighted by atomic mass is 9.92. The second kappa shape index (κ2) is 8.20. The molecule has 1 aliphatic heterocycles. The van der Waals surface area contributed by atoms with Gasteiger partial charge in [-0.3, -0.25) is 9.59 Å². The van der Waals surface area contributed by atoms with E-state index in [1.54, 1.807) is 29.2 Å². The molecule has 0 unspecified atom stereocenters. The Labute approximate surface area is 156 Å². The molecule has 1 aliphatic rings. The van der Waals surface area contributed by atoms with Crippen LogP contribution >= 0.6 is 0 Å². The average Bonchev–Trinajstić information content (AvgIpc) is 3.00. The van der Waals surface area contributed by atoms with Crippen LogP contribution in [0.4, 0.5) is 0 Å². The molecule has 8 heteroatoms. The molecule has 1 saturated heterocycles. The number of nitrogens with zero attached hydrogens (tertiary/aromatic N) is 3. The third kappa shape index (κ3) is 4.84. The van der Waals surface area contributed by atoms with Gasteiger partial charge in [-0.15, -0.1) is 5.10 Å². The largest absolute Gasteiger partial charge is 0.454 e. The molecule has 3 rings (SSSR count). The number of piperidine rings is 1. The number of amides is 1.